The lowest BCUT2D eigenvalue weighted by Crippen LogP contribution is -2.59. The van der Waals surface area contributed by atoms with Gasteiger partial charge >= 0.3 is 6.09 Å². The SMILES string of the molecule is CCn1nc(COc2cccc([C@H](c3ccccc3)N(C(=O)O)[C@H]3CN4CCC3CC4)c2)cc1C(=O)N(C)CCCNC[C@H](O)c1ccc(O)c2[nH]c(=O)ccc12. The Labute approximate surface area is 331 Å². The minimum absolute atomic E-state index is 0.0635. The smallest absolute Gasteiger partial charge is 0.408 e. The van der Waals surface area contributed by atoms with Crippen molar-refractivity contribution in [2.45, 2.75) is 57.5 Å². The summed E-state index contributed by atoms with van der Waals surface area (Å²) in [6.45, 7) is 6.57. The second-order valence-electron chi connectivity index (χ2n) is 15.0. The number of piperidine rings is 3. The molecule has 8 rings (SSSR count). The normalized spacial score (nSPS) is 18.6. The van der Waals surface area contributed by atoms with Gasteiger partial charge in [0.25, 0.3) is 5.91 Å². The van der Waals surface area contributed by atoms with Gasteiger partial charge in [-0.25, -0.2) is 4.79 Å². The lowest BCUT2D eigenvalue weighted by Gasteiger charge is -2.50. The van der Waals surface area contributed by atoms with E-state index in [0.717, 1.165) is 43.6 Å². The summed E-state index contributed by atoms with van der Waals surface area (Å²) in [4.78, 5) is 46.6. The van der Waals surface area contributed by atoms with Crippen molar-refractivity contribution in [2.75, 3.05) is 46.3 Å². The summed E-state index contributed by atoms with van der Waals surface area (Å²) in [6, 6.07) is 24.6. The van der Waals surface area contributed by atoms with Crippen LogP contribution in [0, 0.1) is 5.92 Å². The Hall–Kier alpha value is -5.70. The highest BCUT2D eigenvalue weighted by Crippen LogP contribution is 2.39. The molecule has 3 fully saturated rings. The Morgan fingerprint density at radius 1 is 1.02 bits per heavy atom. The number of carbonyl (C=O) groups excluding carboxylic acids is 1. The number of phenols is 1. The molecule has 0 unspecified atom stereocenters. The second kappa shape index (κ2) is 17.6. The maximum atomic E-state index is 13.6. The standard InChI is InChI=1S/C43H51N7O7/c1-3-49-35(42(54)47(2)20-8-19-44-25-38(52)33-13-15-37(51)40-34(33)14-16-39(53)45-40)24-31(46-49)27-57-32-12-7-11-30(23-32)41(29-9-5-4-6-10-29)50(43(55)56)36-26-48-21-17-28(36)18-22-48/h4-7,9-16,23-24,28,36,38,41,44,51-52H,3,8,17-22,25-27H2,1-2H3,(H,45,53)(H,55,56)/t36-,38-,41-/m0/s1. The van der Waals surface area contributed by atoms with E-state index in [9.17, 15) is 29.7 Å². The summed E-state index contributed by atoms with van der Waals surface area (Å²) < 4.78 is 7.92. The lowest BCUT2D eigenvalue weighted by atomic mass is 9.81. The summed E-state index contributed by atoms with van der Waals surface area (Å²) in [5.74, 6) is 0.669. The largest absolute Gasteiger partial charge is 0.506 e. The minimum atomic E-state index is -0.934. The first-order valence-electron chi connectivity index (χ1n) is 19.7. The molecule has 2 aromatic heterocycles. The van der Waals surface area contributed by atoms with Crippen LogP contribution in [-0.4, -0.2) is 109 Å². The molecule has 3 atom stereocenters. The molecule has 300 valence electrons. The van der Waals surface area contributed by atoms with Gasteiger partial charge in [-0.15, -0.1) is 0 Å². The number of phenolic OH excluding ortho intramolecular Hbond substituents is 1. The zero-order chi connectivity index (χ0) is 40.1. The maximum absolute atomic E-state index is 13.6. The van der Waals surface area contributed by atoms with Crippen LogP contribution in [0.3, 0.4) is 0 Å². The summed E-state index contributed by atoms with van der Waals surface area (Å²) in [5.41, 5.74) is 3.30. The number of hydrogen-bond acceptors (Lipinski definition) is 9. The van der Waals surface area contributed by atoms with Crippen LogP contribution in [0.4, 0.5) is 4.79 Å². The summed E-state index contributed by atoms with van der Waals surface area (Å²) in [5, 5.41) is 40.1. The molecule has 2 amide bonds. The predicted molar refractivity (Wildman–Crippen MR) is 215 cm³/mol. The average Bonchev–Trinajstić information content (AvgIpc) is 3.65. The monoisotopic (exact) mass is 777 g/mol. The van der Waals surface area contributed by atoms with Gasteiger partial charge in [0, 0.05) is 44.7 Å². The zero-order valence-electron chi connectivity index (χ0n) is 32.4. The second-order valence-corrected chi connectivity index (χ2v) is 15.0. The number of aliphatic hydroxyl groups excluding tert-OH is 1. The van der Waals surface area contributed by atoms with Crippen molar-refractivity contribution in [1.82, 2.24) is 34.8 Å². The molecule has 5 heterocycles. The van der Waals surface area contributed by atoms with Crippen LogP contribution in [0.1, 0.15) is 71.2 Å². The molecule has 0 spiro atoms. The van der Waals surface area contributed by atoms with Crippen LogP contribution in [0.15, 0.2) is 89.7 Å². The van der Waals surface area contributed by atoms with Gasteiger partial charge < -0.3 is 40.2 Å². The number of amides is 2. The Balaban J connectivity index is 0.964. The van der Waals surface area contributed by atoms with Crippen LogP contribution >= 0.6 is 0 Å². The van der Waals surface area contributed by atoms with Crippen molar-refractivity contribution in [3.63, 3.8) is 0 Å². The van der Waals surface area contributed by atoms with Gasteiger partial charge in [0.1, 0.15) is 29.5 Å². The third-order valence-electron chi connectivity index (χ3n) is 11.3. The molecule has 5 N–H and O–H groups in total. The van der Waals surface area contributed by atoms with Crippen molar-refractivity contribution in [2.24, 2.45) is 5.92 Å². The number of nitrogens with one attached hydrogen (secondary N) is 2. The van der Waals surface area contributed by atoms with Gasteiger partial charge in [-0.3, -0.25) is 19.2 Å². The first-order chi connectivity index (χ1) is 27.6. The third kappa shape index (κ3) is 8.83. The van der Waals surface area contributed by atoms with E-state index >= 15 is 0 Å². The number of aromatic nitrogens is 3. The van der Waals surface area contributed by atoms with Crippen LogP contribution < -0.4 is 15.6 Å². The van der Waals surface area contributed by atoms with Gasteiger partial charge in [-0.05, 0) is 98.8 Å². The number of aliphatic hydroxyl groups is 1. The average molecular weight is 778 g/mol. The highest BCUT2D eigenvalue weighted by molar-refractivity contribution is 5.92. The molecule has 3 aromatic carbocycles. The molecule has 0 radical (unpaired) electrons. The van der Waals surface area contributed by atoms with Crippen molar-refractivity contribution in [3.8, 4) is 11.5 Å². The number of rotatable bonds is 16. The van der Waals surface area contributed by atoms with Crippen molar-refractivity contribution >= 4 is 22.9 Å². The number of carboxylic acid groups (broad SMARTS) is 1. The number of hydrogen-bond donors (Lipinski definition) is 5. The molecular formula is C43H51N7O7. The summed E-state index contributed by atoms with van der Waals surface area (Å²) in [6.07, 6.45) is 0.822. The Kier molecular flexibility index (Phi) is 12.2. The number of nitrogens with zero attached hydrogens (tertiary/aromatic N) is 5. The summed E-state index contributed by atoms with van der Waals surface area (Å²) >= 11 is 0. The quantitative estimate of drug-likeness (QED) is 0.0860. The molecule has 57 heavy (non-hydrogen) atoms. The van der Waals surface area contributed by atoms with E-state index in [4.69, 9.17) is 4.74 Å². The van der Waals surface area contributed by atoms with Gasteiger partial charge in [-0.1, -0.05) is 48.5 Å². The van der Waals surface area contributed by atoms with Crippen molar-refractivity contribution < 1.29 is 29.6 Å². The first kappa shape index (κ1) is 39.5. The molecule has 0 aliphatic carbocycles. The Bertz CT molecular complexity index is 2230. The maximum Gasteiger partial charge on any atom is 0.408 e. The summed E-state index contributed by atoms with van der Waals surface area (Å²) in [7, 11) is 1.74. The van der Waals surface area contributed by atoms with E-state index in [-0.39, 0.29) is 41.9 Å². The molecule has 14 nitrogen and oxygen atoms in total. The molecule has 14 heteroatoms. The number of aromatic amines is 1. The fourth-order valence-corrected chi connectivity index (χ4v) is 8.36. The topological polar surface area (TPSA) is 176 Å². The highest BCUT2D eigenvalue weighted by atomic mass is 16.5. The fraction of sp³-hybridized carbons (Fsp3) is 0.395. The van der Waals surface area contributed by atoms with Gasteiger partial charge in [0.05, 0.1) is 23.7 Å². The number of aromatic hydroxyl groups is 1. The molecule has 3 aliphatic rings. The molecule has 3 saturated heterocycles. The number of benzene rings is 3. The number of H-pyrrole nitrogens is 1. The van der Waals surface area contributed by atoms with Crippen LogP contribution in [0.5, 0.6) is 11.5 Å². The van der Waals surface area contributed by atoms with E-state index in [2.05, 4.69) is 20.3 Å². The van der Waals surface area contributed by atoms with Crippen molar-refractivity contribution in [1.29, 1.82) is 0 Å². The molecule has 5 aromatic rings. The van der Waals surface area contributed by atoms with E-state index in [0.29, 0.717) is 60.1 Å². The highest BCUT2D eigenvalue weighted by Gasteiger charge is 2.43. The number of fused-ring (bicyclic) bond motifs is 4. The van der Waals surface area contributed by atoms with Gasteiger partial charge in [0.15, 0.2) is 0 Å². The Morgan fingerprint density at radius 2 is 1.79 bits per heavy atom. The van der Waals surface area contributed by atoms with Crippen molar-refractivity contribution in [3.05, 3.63) is 123 Å². The first-order valence-corrected chi connectivity index (χ1v) is 19.7. The van der Waals surface area contributed by atoms with Gasteiger partial charge in [-0.2, -0.15) is 5.10 Å². The number of aryl methyl sites for hydroxylation is 1. The van der Waals surface area contributed by atoms with E-state index in [1.165, 1.54) is 12.1 Å². The molecular weight excluding hydrogens is 727 g/mol. The van der Waals surface area contributed by atoms with E-state index < -0.39 is 18.2 Å². The number of carbonyl (C=O) groups is 2. The minimum Gasteiger partial charge on any atom is -0.506 e. The fourth-order valence-electron chi connectivity index (χ4n) is 8.36. The third-order valence-corrected chi connectivity index (χ3v) is 11.3. The van der Waals surface area contributed by atoms with E-state index in [1.54, 1.807) is 39.7 Å². The molecule has 2 bridgehead atoms. The lowest BCUT2D eigenvalue weighted by molar-refractivity contribution is -0.000814. The number of ether oxygens (including phenoxy) is 1. The van der Waals surface area contributed by atoms with Crippen LogP contribution in [-0.2, 0) is 13.2 Å². The molecule has 3 aliphatic heterocycles. The number of pyridine rings is 1. The zero-order valence-corrected chi connectivity index (χ0v) is 32.4. The van der Waals surface area contributed by atoms with Crippen LogP contribution in [0.2, 0.25) is 0 Å². The Morgan fingerprint density at radius 3 is 2.51 bits per heavy atom. The van der Waals surface area contributed by atoms with Gasteiger partial charge in [0.2, 0.25) is 5.56 Å². The van der Waals surface area contributed by atoms with Crippen LogP contribution in [0.25, 0.3) is 10.9 Å². The molecule has 0 saturated carbocycles. The predicted octanol–water partition coefficient (Wildman–Crippen LogP) is 4.98. The van der Waals surface area contributed by atoms with E-state index in [1.807, 2.05) is 61.5 Å².